The van der Waals surface area contributed by atoms with Crippen LogP contribution >= 0.6 is 12.4 Å². The van der Waals surface area contributed by atoms with Crippen LogP contribution in [0.25, 0.3) is 0 Å². The third-order valence-electron chi connectivity index (χ3n) is 3.12. The van der Waals surface area contributed by atoms with E-state index >= 15 is 0 Å². The molecule has 1 fully saturated rings. The lowest BCUT2D eigenvalue weighted by Gasteiger charge is -2.22. The maximum Gasteiger partial charge on any atom is 0.249 e. The molecule has 5 heteroatoms. The van der Waals surface area contributed by atoms with Crippen molar-refractivity contribution in [1.29, 1.82) is 0 Å². The first-order chi connectivity index (χ1) is 7.86. The second-order valence-electron chi connectivity index (χ2n) is 4.39. The molecule has 0 aliphatic carbocycles. The predicted octanol–water partition coefficient (Wildman–Crippen LogP) is 1.01. The molecule has 0 aromatic carbocycles. The van der Waals surface area contributed by atoms with Crippen molar-refractivity contribution in [3.63, 3.8) is 0 Å². The van der Waals surface area contributed by atoms with E-state index in [2.05, 4.69) is 16.7 Å². The van der Waals surface area contributed by atoms with E-state index in [4.69, 9.17) is 4.74 Å². The third-order valence-corrected chi connectivity index (χ3v) is 3.12. The minimum atomic E-state index is -0.212. The highest BCUT2D eigenvalue weighted by atomic mass is 35.5. The van der Waals surface area contributed by atoms with E-state index in [1.165, 1.54) is 5.57 Å². The zero-order valence-corrected chi connectivity index (χ0v) is 10.9. The van der Waals surface area contributed by atoms with Crippen LogP contribution in [0.1, 0.15) is 25.7 Å². The Kier molecular flexibility index (Phi) is 6.55. The van der Waals surface area contributed by atoms with Crippen LogP contribution < -0.4 is 10.6 Å². The fraction of sp³-hybridized carbons (Fsp3) is 0.750. The second-order valence-corrected chi connectivity index (χ2v) is 4.39. The van der Waals surface area contributed by atoms with E-state index in [1.54, 1.807) is 0 Å². The van der Waals surface area contributed by atoms with Crippen LogP contribution in [-0.4, -0.2) is 38.3 Å². The molecule has 0 saturated carbocycles. The third kappa shape index (κ3) is 4.66. The molecule has 2 N–H and O–H groups in total. The van der Waals surface area contributed by atoms with Crippen LogP contribution in [0.5, 0.6) is 0 Å². The Morgan fingerprint density at radius 3 is 3.06 bits per heavy atom. The van der Waals surface area contributed by atoms with Crippen molar-refractivity contribution < 1.29 is 9.53 Å². The molecule has 0 aromatic heterocycles. The first kappa shape index (κ1) is 14.5. The summed E-state index contributed by atoms with van der Waals surface area (Å²) >= 11 is 0. The molecule has 2 heterocycles. The average Bonchev–Trinajstić information content (AvgIpc) is 2.38. The molecule has 1 amide bonds. The lowest BCUT2D eigenvalue weighted by Crippen LogP contribution is -2.39. The molecule has 2 rings (SSSR count). The molecule has 0 radical (unpaired) electrons. The van der Waals surface area contributed by atoms with Gasteiger partial charge in [0.25, 0.3) is 0 Å². The number of carbonyl (C=O) groups excluding carboxylic acids is 1. The highest BCUT2D eigenvalue weighted by Crippen LogP contribution is 2.12. The Labute approximate surface area is 109 Å². The van der Waals surface area contributed by atoms with Gasteiger partial charge in [0.1, 0.15) is 6.10 Å². The molecular weight excluding hydrogens is 240 g/mol. The van der Waals surface area contributed by atoms with Gasteiger partial charge in [-0.1, -0.05) is 11.6 Å². The van der Waals surface area contributed by atoms with Gasteiger partial charge in [0.05, 0.1) is 0 Å². The first-order valence-corrected chi connectivity index (χ1v) is 6.14. The summed E-state index contributed by atoms with van der Waals surface area (Å²) in [5.41, 5.74) is 1.32. The molecular formula is C12H21ClN2O2. The Balaban J connectivity index is 0.00000144. The molecule has 0 spiro atoms. The summed E-state index contributed by atoms with van der Waals surface area (Å²) in [7, 11) is 0. The van der Waals surface area contributed by atoms with Crippen molar-refractivity contribution in [3.8, 4) is 0 Å². The molecule has 17 heavy (non-hydrogen) atoms. The van der Waals surface area contributed by atoms with Gasteiger partial charge < -0.3 is 15.4 Å². The number of nitrogens with one attached hydrogen (secondary N) is 2. The van der Waals surface area contributed by atoms with Gasteiger partial charge >= 0.3 is 0 Å². The lowest BCUT2D eigenvalue weighted by atomic mass is 10.1. The zero-order valence-electron chi connectivity index (χ0n) is 10.0. The summed E-state index contributed by atoms with van der Waals surface area (Å²) < 4.78 is 5.44. The van der Waals surface area contributed by atoms with Crippen LogP contribution in [0, 0.1) is 0 Å². The van der Waals surface area contributed by atoms with Crippen LogP contribution in [0.4, 0.5) is 0 Å². The van der Waals surface area contributed by atoms with E-state index in [0.717, 1.165) is 45.4 Å². The van der Waals surface area contributed by atoms with Crippen molar-refractivity contribution in [3.05, 3.63) is 11.6 Å². The fourth-order valence-electron chi connectivity index (χ4n) is 2.09. The van der Waals surface area contributed by atoms with Gasteiger partial charge in [0.15, 0.2) is 0 Å². The maximum atomic E-state index is 11.8. The Morgan fingerprint density at radius 2 is 2.41 bits per heavy atom. The Hall–Kier alpha value is -0.580. The lowest BCUT2D eigenvalue weighted by molar-refractivity contribution is -0.135. The van der Waals surface area contributed by atoms with Gasteiger partial charge in [-0.2, -0.15) is 0 Å². The molecule has 2 aliphatic rings. The summed E-state index contributed by atoms with van der Waals surface area (Å²) in [4.78, 5) is 11.8. The van der Waals surface area contributed by atoms with Gasteiger partial charge in [-0.3, -0.25) is 4.79 Å². The number of halogens is 1. The van der Waals surface area contributed by atoms with Gasteiger partial charge in [-0.25, -0.2) is 0 Å². The van der Waals surface area contributed by atoms with Crippen LogP contribution in [-0.2, 0) is 9.53 Å². The van der Waals surface area contributed by atoms with Crippen LogP contribution in [0.15, 0.2) is 11.6 Å². The van der Waals surface area contributed by atoms with E-state index in [-0.39, 0.29) is 24.4 Å². The predicted molar refractivity (Wildman–Crippen MR) is 69.4 cm³/mol. The highest BCUT2D eigenvalue weighted by molar-refractivity contribution is 5.85. The maximum absolute atomic E-state index is 11.8. The number of ether oxygens (including phenoxy) is 1. The molecule has 0 bridgehead atoms. The normalized spacial score (nSPS) is 24.5. The van der Waals surface area contributed by atoms with E-state index in [9.17, 15) is 4.79 Å². The molecule has 2 aliphatic heterocycles. The molecule has 1 saturated heterocycles. The average molecular weight is 261 g/mol. The van der Waals surface area contributed by atoms with Crippen molar-refractivity contribution in [2.45, 2.75) is 31.8 Å². The minimum Gasteiger partial charge on any atom is -0.368 e. The monoisotopic (exact) mass is 260 g/mol. The van der Waals surface area contributed by atoms with Gasteiger partial charge in [-0.15, -0.1) is 12.4 Å². The number of carbonyl (C=O) groups is 1. The van der Waals surface area contributed by atoms with E-state index in [1.807, 2.05) is 0 Å². The molecule has 1 atom stereocenters. The Bertz CT molecular complexity index is 276. The summed E-state index contributed by atoms with van der Waals surface area (Å²) in [6.07, 6.45) is 6.03. The van der Waals surface area contributed by atoms with Crippen molar-refractivity contribution in [2.24, 2.45) is 0 Å². The summed E-state index contributed by atoms with van der Waals surface area (Å²) in [6, 6.07) is 0. The van der Waals surface area contributed by atoms with E-state index < -0.39 is 0 Å². The number of rotatable bonds is 3. The summed E-state index contributed by atoms with van der Waals surface area (Å²) in [5.74, 6) is 0.0548. The minimum absolute atomic E-state index is 0. The number of amides is 1. The topological polar surface area (TPSA) is 50.4 Å². The van der Waals surface area contributed by atoms with Gasteiger partial charge in [0, 0.05) is 19.7 Å². The smallest absolute Gasteiger partial charge is 0.249 e. The Morgan fingerprint density at radius 1 is 1.53 bits per heavy atom. The second kappa shape index (κ2) is 7.69. The fourth-order valence-corrected chi connectivity index (χ4v) is 2.09. The van der Waals surface area contributed by atoms with Crippen molar-refractivity contribution in [2.75, 3.05) is 26.2 Å². The molecule has 4 nitrogen and oxygen atoms in total. The standard InChI is InChI=1S/C12H20N2O2.ClH/c15-12(11-3-1-2-8-16-11)14-9-10-4-6-13-7-5-10;/h4,11,13H,1-3,5-9H2,(H,14,15);1H. The quantitative estimate of drug-likeness (QED) is 0.745. The molecule has 1 unspecified atom stereocenters. The SMILES string of the molecule is Cl.O=C(NCC1=CCNCC1)C1CCCCO1. The van der Waals surface area contributed by atoms with Crippen molar-refractivity contribution >= 4 is 18.3 Å². The molecule has 0 aromatic rings. The largest absolute Gasteiger partial charge is 0.368 e. The van der Waals surface area contributed by atoms with E-state index in [0.29, 0.717) is 6.54 Å². The van der Waals surface area contributed by atoms with Gasteiger partial charge in [0.2, 0.25) is 5.91 Å². The molecule has 98 valence electrons. The van der Waals surface area contributed by atoms with Crippen molar-refractivity contribution in [1.82, 2.24) is 10.6 Å². The van der Waals surface area contributed by atoms with Crippen LogP contribution in [0.2, 0.25) is 0 Å². The number of hydrogen-bond acceptors (Lipinski definition) is 3. The number of hydrogen-bond donors (Lipinski definition) is 2. The van der Waals surface area contributed by atoms with Gasteiger partial charge in [-0.05, 0) is 32.2 Å². The summed E-state index contributed by atoms with van der Waals surface area (Å²) in [5, 5.41) is 6.21. The summed E-state index contributed by atoms with van der Waals surface area (Å²) in [6.45, 7) is 3.35. The van der Waals surface area contributed by atoms with Crippen LogP contribution in [0.3, 0.4) is 0 Å². The zero-order chi connectivity index (χ0) is 11.2. The highest BCUT2D eigenvalue weighted by Gasteiger charge is 2.21. The first-order valence-electron chi connectivity index (χ1n) is 6.14.